The molecule has 2 aromatic heterocycles. The van der Waals surface area contributed by atoms with Crippen molar-refractivity contribution in [2.75, 3.05) is 13.1 Å². The van der Waals surface area contributed by atoms with E-state index in [0.29, 0.717) is 29.1 Å². The van der Waals surface area contributed by atoms with Gasteiger partial charge in [-0.2, -0.15) is 0 Å². The summed E-state index contributed by atoms with van der Waals surface area (Å²) >= 11 is 5.78. The molecule has 1 aromatic carbocycles. The van der Waals surface area contributed by atoms with Crippen molar-refractivity contribution in [3.8, 4) is 0 Å². The van der Waals surface area contributed by atoms with Crippen LogP contribution in [0, 0.1) is 4.77 Å². The Morgan fingerprint density at radius 3 is 2.67 bits per heavy atom. The summed E-state index contributed by atoms with van der Waals surface area (Å²) in [6, 6.07) is 7.71. The monoisotopic (exact) mass is 385 g/mol. The van der Waals surface area contributed by atoms with Crippen LogP contribution in [0.1, 0.15) is 45.4 Å². The van der Waals surface area contributed by atoms with Crippen LogP contribution in [-0.4, -0.2) is 36.7 Å². The van der Waals surface area contributed by atoms with Crippen molar-refractivity contribution >= 4 is 28.9 Å². The normalized spacial score (nSPS) is 15.7. The SMILES string of the molecule is CCCCCn1c(=O)c2ccccc2n2c(=S)n(CN3CCCCC3)nc12. The van der Waals surface area contributed by atoms with Crippen LogP contribution in [0.4, 0.5) is 0 Å². The molecule has 0 N–H and O–H groups in total. The highest BCUT2D eigenvalue weighted by Crippen LogP contribution is 2.16. The van der Waals surface area contributed by atoms with Crippen LogP contribution in [-0.2, 0) is 13.2 Å². The highest BCUT2D eigenvalue weighted by atomic mass is 32.1. The number of piperidine rings is 1. The smallest absolute Gasteiger partial charge is 0.262 e. The molecule has 3 heterocycles. The van der Waals surface area contributed by atoms with Crippen molar-refractivity contribution in [3.05, 3.63) is 39.4 Å². The van der Waals surface area contributed by atoms with Gasteiger partial charge < -0.3 is 0 Å². The molecule has 1 aliphatic rings. The Morgan fingerprint density at radius 1 is 1.11 bits per heavy atom. The number of unbranched alkanes of at least 4 members (excludes halogenated alkanes) is 2. The lowest BCUT2D eigenvalue weighted by Crippen LogP contribution is -2.32. The van der Waals surface area contributed by atoms with Crippen LogP contribution in [0.2, 0.25) is 0 Å². The molecule has 0 spiro atoms. The Labute approximate surface area is 164 Å². The minimum absolute atomic E-state index is 0.0272. The maximum Gasteiger partial charge on any atom is 0.262 e. The van der Waals surface area contributed by atoms with Crippen molar-refractivity contribution in [2.24, 2.45) is 0 Å². The highest BCUT2D eigenvalue weighted by molar-refractivity contribution is 7.71. The summed E-state index contributed by atoms with van der Waals surface area (Å²) in [6.07, 6.45) is 6.94. The Kier molecular flexibility index (Phi) is 5.41. The molecule has 1 saturated heterocycles. The lowest BCUT2D eigenvalue weighted by molar-refractivity contribution is 0.172. The molecule has 0 aliphatic carbocycles. The summed E-state index contributed by atoms with van der Waals surface area (Å²) in [4.78, 5) is 15.5. The molecule has 4 rings (SSSR count). The van der Waals surface area contributed by atoms with Crippen molar-refractivity contribution in [2.45, 2.75) is 58.7 Å². The first-order valence-corrected chi connectivity index (χ1v) is 10.4. The minimum Gasteiger partial charge on any atom is -0.284 e. The van der Waals surface area contributed by atoms with Gasteiger partial charge in [0.15, 0.2) is 0 Å². The van der Waals surface area contributed by atoms with Crippen LogP contribution in [0.15, 0.2) is 29.1 Å². The standard InChI is InChI=1S/C20H27N5OS/c1-2-3-7-14-23-18(26)16-10-5-6-11-17(16)25-19(23)21-24(20(25)27)15-22-12-8-4-9-13-22/h5-6,10-11H,2-4,7-9,12-15H2,1H3. The molecule has 6 nitrogen and oxygen atoms in total. The van der Waals surface area contributed by atoms with Crippen LogP contribution in [0.5, 0.6) is 0 Å². The van der Waals surface area contributed by atoms with E-state index in [-0.39, 0.29) is 5.56 Å². The maximum absolute atomic E-state index is 13.1. The fourth-order valence-electron chi connectivity index (χ4n) is 3.97. The fourth-order valence-corrected chi connectivity index (χ4v) is 4.25. The third-order valence-corrected chi connectivity index (χ3v) is 5.85. The van der Waals surface area contributed by atoms with Gasteiger partial charge in [0.2, 0.25) is 10.5 Å². The fraction of sp³-hybridized carbons (Fsp3) is 0.550. The van der Waals surface area contributed by atoms with Gasteiger partial charge in [-0.15, -0.1) is 5.10 Å². The summed E-state index contributed by atoms with van der Waals surface area (Å²) in [6.45, 7) is 5.70. The van der Waals surface area contributed by atoms with Gasteiger partial charge in [-0.05, 0) is 56.7 Å². The first kappa shape index (κ1) is 18.4. The number of nitrogens with zero attached hydrogens (tertiary/aromatic N) is 5. The quantitative estimate of drug-likeness (QED) is 0.478. The van der Waals surface area contributed by atoms with Gasteiger partial charge in [-0.25, -0.2) is 4.68 Å². The zero-order valence-electron chi connectivity index (χ0n) is 15.9. The summed E-state index contributed by atoms with van der Waals surface area (Å²) in [7, 11) is 0. The van der Waals surface area contributed by atoms with Crippen molar-refractivity contribution in [1.82, 2.24) is 23.6 Å². The molecule has 0 atom stereocenters. The summed E-state index contributed by atoms with van der Waals surface area (Å²) in [5.74, 6) is 0.664. The van der Waals surface area contributed by atoms with Crippen molar-refractivity contribution in [3.63, 3.8) is 0 Å². The first-order valence-electron chi connectivity index (χ1n) is 10.0. The van der Waals surface area contributed by atoms with Crippen molar-refractivity contribution < 1.29 is 0 Å². The molecule has 0 bridgehead atoms. The van der Waals surface area contributed by atoms with Gasteiger partial charge >= 0.3 is 0 Å². The summed E-state index contributed by atoms with van der Waals surface area (Å²) in [5, 5.41) is 5.50. The van der Waals surface area contributed by atoms with E-state index in [4.69, 9.17) is 17.3 Å². The number of likely N-dealkylation sites (tertiary alicyclic amines) is 1. The molecule has 3 aromatic rings. The Bertz CT molecular complexity index is 1060. The van der Waals surface area contributed by atoms with Crippen LogP contribution in [0.3, 0.4) is 0 Å². The first-order chi connectivity index (χ1) is 13.2. The zero-order chi connectivity index (χ0) is 18.8. The molecule has 0 amide bonds. The predicted molar refractivity (Wildman–Crippen MR) is 111 cm³/mol. The largest absolute Gasteiger partial charge is 0.284 e. The van der Waals surface area contributed by atoms with E-state index in [1.165, 1.54) is 19.3 Å². The number of aromatic nitrogens is 4. The van der Waals surface area contributed by atoms with E-state index in [0.717, 1.165) is 37.9 Å². The Morgan fingerprint density at radius 2 is 1.89 bits per heavy atom. The second kappa shape index (κ2) is 7.94. The van der Waals surface area contributed by atoms with Gasteiger partial charge in [-0.1, -0.05) is 38.3 Å². The summed E-state index contributed by atoms with van der Waals surface area (Å²) in [5.41, 5.74) is 0.874. The molecule has 0 unspecified atom stereocenters. The van der Waals surface area contributed by atoms with E-state index in [1.807, 2.05) is 33.3 Å². The lowest BCUT2D eigenvalue weighted by atomic mass is 10.1. The number of benzene rings is 1. The number of para-hydroxylation sites is 1. The molecular formula is C20H27N5OS. The van der Waals surface area contributed by atoms with E-state index in [1.54, 1.807) is 4.57 Å². The number of rotatable bonds is 6. The van der Waals surface area contributed by atoms with Gasteiger partial charge in [0.1, 0.15) is 0 Å². The molecule has 27 heavy (non-hydrogen) atoms. The molecule has 7 heteroatoms. The molecule has 1 aliphatic heterocycles. The number of hydrogen-bond acceptors (Lipinski definition) is 4. The van der Waals surface area contributed by atoms with Gasteiger partial charge in [0.25, 0.3) is 5.56 Å². The number of fused-ring (bicyclic) bond motifs is 3. The van der Waals surface area contributed by atoms with Crippen molar-refractivity contribution in [1.29, 1.82) is 0 Å². The van der Waals surface area contributed by atoms with Gasteiger partial charge in [-0.3, -0.25) is 18.7 Å². The number of hydrogen-bond donors (Lipinski definition) is 0. The van der Waals surface area contributed by atoms with Gasteiger partial charge in [0, 0.05) is 6.54 Å². The Hall–Kier alpha value is -1.99. The predicted octanol–water partition coefficient (Wildman–Crippen LogP) is 3.81. The zero-order valence-corrected chi connectivity index (χ0v) is 16.7. The van der Waals surface area contributed by atoms with Gasteiger partial charge in [0.05, 0.1) is 17.6 Å². The lowest BCUT2D eigenvalue weighted by Gasteiger charge is -2.25. The molecular weight excluding hydrogens is 358 g/mol. The molecule has 1 fully saturated rings. The molecule has 0 saturated carbocycles. The van der Waals surface area contributed by atoms with E-state index >= 15 is 0 Å². The average molecular weight is 386 g/mol. The van der Waals surface area contributed by atoms with Crippen LogP contribution in [0.25, 0.3) is 16.7 Å². The van der Waals surface area contributed by atoms with E-state index in [2.05, 4.69) is 11.8 Å². The molecule has 0 radical (unpaired) electrons. The maximum atomic E-state index is 13.1. The third-order valence-electron chi connectivity index (χ3n) is 5.45. The van der Waals surface area contributed by atoms with Crippen LogP contribution < -0.4 is 5.56 Å². The topological polar surface area (TPSA) is 47.5 Å². The van der Waals surface area contributed by atoms with E-state index < -0.39 is 0 Å². The molecule has 144 valence electrons. The highest BCUT2D eigenvalue weighted by Gasteiger charge is 2.17. The summed E-state index contributed by atoms with van der Waals surface area (Å²) < 4.78 is 6.33. The second-order valence-corrected chi connectivity index (χ2v) is 7.78. The minimum atomic E-state index is 0.0272. The number of aryl methyl sites for hydroxylation is 1. The van der Waals surface area contributed by atoms with E-state index in [9.17, 15) is 4.79 Å². The second-order valence-electron chi connectivity index (χ2n) is 7.42. The Balaban J connectivity index is 1.87. The van der Waals surface area contributed by atoms with Crippen LogP contribution >= 0.6 is 12.2 Å². The average Bonchev–Trinajstić information content (AvgIpc) is 3.01. The third kappa shape index (κ3) is 3.46.